The van der Waals surface area contributed by atoms with Gasteiger partial charge in [-0.15, -0.1) is 0 Å². The Morgan fingerprint density at radius 2 is 2.20 bits per heavy atom. The number of nitrogens with zero attached hydrogens (tertiary/aromatic N) is 1. The Hall–Kier alpha value is -1.55. The van der Waals surface area contributed by atoms with E-state index in [1.54, 1.807) is 19.1 Å². The third kappa shape index (κ3) is 1.80. The van der Waals surface area contributed by atoms with E-state index in [0.717, 1.165) is 17.0 Å². The van der Waals surface area contributed by atoms with Crippen molar-refractivity contribution in [2.24, 2.45) is 0 Å². The van der Waals surface area contributed by atoms with Crippen molar-refractivity contribution in [1.29, 1.82) is 0 Å². The second-order valence-electron chi connectivity index (χ2n) is 3.55. The number of methoxy groups -OCH3 is 1. The van der Waals surface area contributed by atoms with Crippen molar-refractivity contribution < 1.29 is 9.53 Å². The van der Waals surface area contributed by atoms with Crippen molar-refractivity contribution in [3.63, 3.8) is 0 Å². The van der Waals surface area contributed by atoms with Crippen LogP contribution in [0.4, 0.5) is 5.69 Å². The molecule has 0 saturated heterocycles. The molecule has 0 aromatic heterocycles. The zero-order valence-corrected chi connectivity index (χ0v) is 8.91. The Morgan fingerprint density at radius 1 is 1.40 bits per heavy atom. The number of carbonyl (C=O) groups is 1. The molecule has 2 rings (SSSR count). The highest BCUT2D eigenvalue weighted by Crippen LogP contribution is 2.25. The average molecular weight is 206 g/mol. The second kappa shape index (κ2) is 3.90. The van der Waals surface area contributed by atoms with Gasteiger partial charge in [-0.05, 0) is 23.8 Å². The Bertz CT molecular complexity index is 390. The summed E-state index contributed by atoms with van der Waals surface area (Å²) in [6.45, 7) is 1.08. The maximum Gasteiger partial charge on any atom is 0.240 e. The van der Waals surface area contributed by atoms with Gasteiger partial charge >= 0.3 is 0 Å². The van der Waals surface area contributed by atoms with Crippen LogP contribution in [0.2, 0.25) is 0 Å². The lowest BCUT2D eigenvalue weighted by molar-refractivity contribution is -0.117. The van der Waals surface area contributed by atoms with Crippen LogP contribution in [0.15, 0.2) is 18.2 Å². The summed E-state index contributed by atoms with van der Waals surface area (Å²) in [5, 5.41) is 3.09. The standard InChI is InChI=1S/C11H14N2O2/c1-13-10-4-3-9(15-2)5-8(10)6-12-7-11(13)14/h3-5,12H,6-7H2,1-2H3. The van der Waals surface area contributed by atoms with E-state index in [2.05, 4.69) is 5.32 Å². The molecule has 4 nitrogen and oxygen atoms in total. The molecule has 0 atom stereocenters. The lowest BCUT2D eigenvalue weighted by atomic mass is 10.1. The zero-order chi connectivity index (χ0) is 10.8. The first-order valence-corrected chi connectivity index (χ1v) is 4.86. The van der Waals surface area contributed by atoms with Crippen LogP contribution in [0.3, 0.4) is 0 Å². The molecule has 1 amide bonds. The molecule has 1 aromatic carbocycles. The molecule has 0 spiro atoms. The molecule has 15 heavy (non-hydrogen) atoms. The Labute approximate surface area is 88.8 Å². The molecule has 1 aromatic rings. The lowest BCUT2D eigenvalue weighted by Crippen LogP contribution is -2.32. The summed E-state index contributed by atoms with van der Waals surface area (Å²) in [5.41, 5.74) is 2.04. The molecule has 1 aliphatic rings. The number of hydrogen-bond acceptors (Lipinski definition) is 3. The SMILES string of the molecule is COc1ccc2c(c1)CNCC(=O)N2C. The minimum Gasteiger partial charge on any atom is -0.497 e. The van der Waals surface area contributed by atoms with Gasteiger partial charge in [0.25, 0.3) is 0 Å². The van der Waals surface area contributed by atoms with Gasteiger partial charge in [0.2, 0.25) is 5.91 Å². The maximum absolute atomic E-state index is 11.6. The fourth-order valence-corrected chi connectivity index (χ4v) is 1.71. The Morgan fingerprint density at radius 3 is 2.93 bits per heavy atom. The molecule has 4 heteroatoms. The van der Waals surface area contributed by atoms with Crippen LogP contribution in [0.5, 0.6) is 5.75 Å². The van der Waals surface area contributed by atoms with Crippen molar-refractivity contribution in [2.45, 2.75) is 6.54 Å². The summed E-state index contributed by atoms with van der Waals surface area (Å²) in [6, 6.07) is 5.74. The first-order chi connectivity index (χ1) is 7.22. The molecule has 0 saturated carbocycles. The Balaban J connectivity index is 2.43. The fourth-order valence-electron chi connectivity index (χ4n) is 1.71. The summed E-state index contributed by atoms with van der Waals surface area (Å²) in [5.74, 6) is 0.900. The summed E-state index contributed by atoms with van der Waals surface area (Å²) in [4.78, 5) is 13.2. The molecule has 0 fully saturated rings. The third-order valence-electron chi connectivity index (χ3n) is 2.61. The maximum atomic E-state index is 11.6. The first kappa shape index (κ1) is 9.98. The van der Waals surface area contributed by atoms with E-state index in [0.29, 0.717) is 13.1 Å². The number of benzene rings is 1. The van der Waals surface area contributed by atoms with E-state index in [-0.39, 0.29) is 5.91 Å². The van der Waals surface area contributed by atoms with Crippen LogP contribution in [-0.4, -0.2) is 26.6 Å². The highest BCUT2D eigenvalue weighted by molar-refractivity contribution is 5.95. The number of anilines is 1. The zero-order valence-electron chi connectivity index (χ0n) is 8.91. The van der Waals surface area contributed by atoms with Gasteiger partial charge in [0.05, 0.1) is 13.7 Å². The van der Waals surface area contributed by atoms with E-state index in [1.807, 2.05) is 18.2 Å². The summed E-state index contributed by atoms with van der Waals surface area (Å²) >= 11 is 0. The summed E-state index contributed by atoms with van der Waals surface area (Å²) in [6.07, 6.45) is 0. The average Bonchev–Trinajstić information content (AvgIpc) is 2.40. The van der Waals surface area contributed by atoms with Crippen LogP contribution >= 0.6 is 0 Å². The van der Waals surface area contributed by atoms with Gasteiger partial charge in [-0.1, -0.05) is 0 Å². The monoisotopic (exact) mass is 206 g/mol. The van der Waals surface area contributed by atoms with Gasteiger partial charge in [0.15, 0.2) is 0 Å². The van der Waals surface area contributed by atoms with Gasteiger partial charge in [-0.25, -0.2) is 0 Å². The van der Waals surface area contributed by atoms with E-state index in [9.17, 15) is 4.79 Å². The van der Waals surface area contributed by atoms with Gasteiger partial charge in [0.1, 0.15) is 5.75 Å². The fraction of sp³-hybridized carbons (Fsp3) is 0.364. The highest BCUT2D eigenvalue weighted by Gasteiger charge is 2.18. The smallest absolute Gasteiger partial charge is 0.240 e. The van der Waals surface area contributed by atoms with E-state index < -0.39 is 0 Å². The Kier molecular flexibility index (Phi) is 2.60. The number of fused-ring (bicyclic) bond motifs is 1. The minimum absolute atomic E-state index is 0.0823. The molecule has 80 valence electrons. The van der Waals surface area contributed by atoms with Crippen LogP contribution in [-0.2, 0) is 11.3 Å². The second-order valence-corrected chi connectivity index (χ2v) is 3.55. The molecule has 0 aliphatic carbocycles. The van der Waals surface area contributed by atoms with E-state index in [1.165, 1.54) is 0 Å². The number of nitrogens with one attached hydrogen (secondary N) is 1. The number of carbonyl (C=O) groups excluding carboxylic acids is 1. The van der Waals surface area contributed by atoms with Crippen molar-refractivity contribution in [1.82, 2.24) is 5.32 Å². The van der Waals surface area contributed by atoms with Crippen molar-refractivity contribution in [3.8, 4) is 5.75 Å². The first-order valence-electron chi connectivity index (χ1n) is 4.86. The molecular weight excluding hydrogens is 192 g/mol. The van der Waals surface area contributed by atoms with Gasteiger partial charge < -0.3 is 15.0 Å². The van der Waals surface area contributed by atoms with Gasteiger partial charge in [-0.3, -0.25) is 4.79 Å². The van der Waals surface area contributed by atoms with Crippen LogP contribution in [0, 0.1) is 0 Å². The number of hydrogen-bond donors (Lipinski definition) is 1. The van der Waals surface area contributed by atoms with Gasteiger partial charge in [-0.2, -0.15) is 0 Å². The normalized spacial score (nSPS) is 15.9. The van der Waals surface area contributed by atoms with Gasteiger partial charge in [0, 0.05) is 19.3 Å². The van der Waals surface area contributed by atoms with Crippen molar-refractivity contribution in [3.05, 3.63) is 23.8 Å². The molecule has 1 heterocycles. The van der Waals surface area contributed by atoms with Crippen molar-refractivity contribution in [2.75, 3.05) is 25.6 Å². The van der Waals surface area contributed by atoms with Crippen molar-refractivity contribution >= 4 is 11.6 Å². The van der Waals surface area contributed by atoms with E-state index in [4.69, 9.17) is 4.74 Å². The van der Waals surface area contributed by atoms with E-state index >= 15 is 0 Å². The molecule has 0 unspecified atom stereocenters. The molecule has 1 N–H and O–H groups in total. The number of amides is 1. The highest BCUT2D eigenvalue weighted by atomic mass is 16.5. The number of ether oxygens (including phenoxy) is 1. The largest absolute Gasteiger partial charge is 0.497 e. The summed E-state index contributed by atoms with van der Waals surface area (Å²) in [7, 11) is 3.43. The summed E-state index contributed by atoms with van der Waals surface area (Å²) < 4.78 is 5.15. The number of rotatable bonds is 1. The predicted molar refractivity (Wildman–Crippen MR) is 58.1 cm³/mol. The molecule has 0 radical (unpaired) electrons. The van der Waals surface area contributed by atoms with Crippen LogP contribution in [0.25, 0.3) is 0 Å². The third-order valence-corrected chi connectivity index (χ3v) is 2.61. The molecular formula is C11H14N2O2. The van der Waals surface area contributed by atoms with Crippen LogP contribution < -0.4 is 15.0 Å². The minimum atomic E-state index is 0.0823. The molecule has 0 bridgehead atoms. The lowest BCUT2D eigenvalue weighted by Gasteiger charge is -2.17. The van der Waals surface area contributed by atoms with Crippen LogP contribution in [0.1, 0.15) is 5.56 Å². The molecule has 1 aliphatic heterocycles. The quantitative estimate of drug-likeness (QED) is 0.737. The number of likely N-dealkylation sites (N-methyl/N-ethyl adjacent to an activating group) is 1. The predicted octanol–water partition coefficient (Wildman–Crippen LogP) is 0.761. The topological polar surface area (TPSA) is 41.6 Å².